The first-order chi connectivity index (χ1) is 10.0. The fourth-order valence-corrected chi connectivity index (χ4v) is 2.45. The number of hydrogen-bond acceptors (Lipinski definition) is 3. The lowest BCUT2D eigenvalue weighted by molar-refractivity contribution is 0.0696. The van der Waals surface area contributed by atoms with Crippen molar-refractivity contribution >= 4 is 23.5 Å². The molecule has 0 aliphatic carbocycles. The van der Waals surface area contributed by atoms with Crippen molar-refractivity contribution in [2.45, 2.75) is 13.1 Å². The molecule has 1 N–H and O–H groups in total. The van der Waals surface area contributed by atoms with E-state index in [9.17, 15) is 9.59 Å². The average Bonchev–Trinajstić information content (AvgIpc) is 2.90. The zero-order chi connectivity index (χ0) is 15.0. The second kappa shape index (κ2) is 5.18. The van der Waals surface area contributed by atoms with Gasteiger partial charge < -0.3 is 10.0 Å². The number of rotatable bonds is 2. The summed E-state index contributed by atoms with van der Waals surface area (Å²) in [4.78, 5) is 29.0. The number of fused-ring (bicyclic) bond motifs is 1. The van der Waals surface area contributed by atoms with E-state index in [1.54, 1.807) is 35.2 Å². The monoisotopic (exact) mass is 302 g/mol. The molecule has 2 aromatic rings. The van der Waals surface area contributed by atoms with Gasteiger partial charge in [-0.05, 0) is 35.4 Å². The Morgan fingerprint density at radius 1 is 1.14 bits per heavy atom. The molecule has 2 heterocycles. The molecule has 0 saturated carbocycles. The van der Waals surface area contributed by atoms with Crippen LogP contribution in [0.5, 0.6) is 0 Å². The molecule has 6 heteroatoms. The number of carbonyl (C=O) groups is 2. The van der Waals surface area contributed by atoms with E-state index < -0.39 is 5.97 Å². The molecule has 1 amide bonds. The minimum Gasteiger partial charge on any atom is -0.478 e. The van der Waals surface area contributed by atoms with E-state index in [4.69, 9.17) is 16.7 Å². The van der Waals surface area contributed by atoms with Gasteiger partial charge in [0.05, 0.1) is 10.6 Å². The maximum Gasteiger partial charge on any atom is 0.335 e. The number of pyridine rings is 1. The zero-order valence-corrected chi connectivity index (χ0v) is 11.7. The molecule has 0 fully saturated rings. The van der Waals surface area contributed by atoms with Gasteiger partial charge in [-0.25, -0.2) is 9.78 Å². The molecule has 1 aromatic carbocycles. The van der Waals surface area contributed by atoms with E-state index in [0.29, 0.717) is 23.8 Å². The summed E-state index contributed by atoms with van der Waals surface area (Å²) < 4.78 is 0. The Morgan fingerprint density at radius 3 is 2.57 bits per heavy atom. The highest BCUT2D eigenvalue weighted by atomic mass is 35.5. The van der Waals surface area contributed by atoms with Gasteiger partial charge in [-0.3, -0.25) is 4.79 Å². The smallest absolute Gasteiger partial charge is 0.335 e. The topological polar surface area (TPSA) is 70.5 Å². The van der Waals surface area contributed by atoms with Crippen LogP contribution in [0.4, 0.5) is 0 Å². The molecule has 1 aliphatic rings. The van der Waals surface area contributed by atoms with Crippen LogP contribution in [0.3, 0.4) is 0 Å². The highest BCUT2D eigenvalue weighted by molar-refractivity contribution is 6.30. The summed E-state index contributed by atoms with van der Waals surface area (Å²) in [5.74, 6) is -1.17. The lowest BCUT2D eigenvalue weighted by Gasteiger charge is -2.14. The largest absolute Gasteiger partial charge is 0.478 e. The second-order valence-electron chi connectivity index (χ2n) is 4.81. The maximum atomic E-state index is 12.3. The number of aromatic nitrogens is 1. The van der Waals surface area contributed by atoms with Crippen molar-refractivity contribution in [2.24, 2.45) is 0 Å². The van der Waals surface area contributed by atoms with E-state index in [1.165, 1.54) is 6.20 Å². The number of carbonyl (C=O) groups excluding carboxylic acids is 1. The van der Waals surface area contributed by atoms with Gasteiger partial charge in [-0.2, -0.15) is 0 Å². The molecule has 106 valence electrons. The fraction of sp³-hybridized carbons (Fsp3) is 0.133. The molecule has 0 unspecified atom stereocenters. The standard InChI is InChI=1S/C15H11ClN2O3/c16-12-3-4-13(17-6-12)14(19)18-7-10-2-1-9(15(20)21)5-11(10)8-18/h1-6H,7-8H2,(H,20,21). The van der Waals surface area contributed by atoms with Crippen LogP contribution < -0.4 is 0 Å². The predicted molar refractivity (Wildman–Crippen MR) is 76.2 cm³/mol. The van der Waals surface area contributed by atoms with Crippen LogP contribution in [0.25, 0.3) is 0 Å². The fourth-order valence-electron chi connectivity index (χ4n) is 2.34. The van der Waals surface area contributed by atoms with Crippen molar-refractivity contribution < 1.29 is 14.7 Å². The Labute approximate surface area is 125 Å². The number of carboxylic acid groups (broad SMARTS) is 1. The van der Waals surface area contributed by atoms with Crippen molar-refractivity contribution in [2.75, 3.05) is 0 Å². The van der Waals surface area contributed by atoms with E-state index in [-0.39, 0.29) is 11.5 Å². The number of halogens is 1. The van der Waals surface area contributed by atoms with Gasteiger partial charge in [0.1, 0.15) is 5.69 Å². The number of aromatic carboxylic acids is 1. The quantitative estimate of drug-likeness (QED) is 0.925. The zero-order valence-electron chi connectivity index (χ0n) is 10.9. The van der Waals surface area contributed by atoms with E-state index in [2.05, 4.69) is 4.98 Å². The Hall–Kier alpha value is -2.40. The third-order valence-electron chi connectivity index (χ3n) is 3.41. The number of hydrogen-bond donors (Lipinski definition) is 1. The average molecular weight is 303 g/mol. The van der Waals surface area contributed by atoms with Gasteiger partial charge >= 0.3 is 5.97 Å². The molecular formula is C15H11ClN2O3. The summed E-state index contributed by atoms with van der Waals surface area (Å²) in [6.45, 7) is 0.845. The summed E-state index contributed by atoms with van der Waals surface area (Å²) in [6.07, 6.45) is 1.43. The Morgan fingerprint density at radius 2 is 1.90 bits per heavy atom. The van der Waals surface area contributed by atoms with E-state index >= 15 is 0 Å². The summed E-state index contributed by atoms with van der Waals surface area (Å²) in [5.41, 5.74) is 2.37. The molecule has 1 aromatic heterocycles. The SMILES string of the molecule is O=C(O)c1ccc2c(c1)CN(C(=O)c1ccc(Cl)cn1)C2. The van der Waals surface area contributed by atoms with E-state index in [0.717, 1.165) is 11.1 Å². The highest BCUT2D eigenvalue weighted by Crippen LogP contribution is 2.25. The van der Waals surface area contributed by atoms with E-state index in [1.807, 2.05) is 0 Å². The lowest BCUT2D eigenvalue weighted by Crippen LogP contribution is -2.26. The Kier molecular flexibility index (Phi) is 3.35. The van der Waals surface area contributed by atoms with Crippen molar-refractivity contribution in [3.8, 4) is 0 Å². The van der Waals surface area contributed by atoms with Crippen molar-refractivity contribution in [3.05, 3.63) is 63.9 Å². The van der Waals surface area contributed by atoms with Gasteiger partial charge in [0.25, 0.3) is 5.91 Å². The van der Waals surface area contributed by atoms with Crippen LogP contribution >= 0.6 is 11.6 Å². The minimum absolute atomic E-state index is 0.195. The number of amides is 1. The molecule has 0 saturated heterocycles. The van der Waals surface area contributed by atoms with Crippen LogP contribution in [-0.2, 0) is 13.1 Å². The molecule has 0 radical (unpaired) electrons. The molecule has 0 spiro atoms. The maximum absolute atomic E-state index is 12.3. The first-order valence-electron chi connectivity index (χ1n) is 6.30. The summed E-state index contributed by atoms with van der Waals surface area (Å²) >= 11 is 5.75. The normalized spacial score (nSPS) is 13.1. The minimum atomic E-state index is -0.970. The summed E-state index contributed by atoms with van der Waals surface area (Å²) in [5, 5.41) is 9.47. The summed E-state index contributed by atoms with van der Waals surface area (Å²) in [7, 11) is 0. The van der Waals surface area contributed by atoms with Gasteiger partial charge in [0.2, 0.25) is 0 Å². The molecule has 0 atom stereocenters. The first kappa shape index (κ1) is 13.6. The molecule has 0 bridgehead atoms. The second-order valence-corrected chi connectivity index (χ2v) is 5.25. The van der Waals surface area contributed by atoms with Crippen LogP contribution in [0, 0.1) is 0 Å². The Balaban J connectivity index is 1.82. The van der Waals surface area contributed by atoms with Crippen LogP contribution in [-0.4, -0.2) is 26.9 Å². The van der Waals surface area contributed by atoms with Crippen molar-refractivity contribution in [3.63, 3.8) is 0 Å². The predicted octanol–water partition coefficient (Wildman–Crippen LogP) is 2.59. The van der Waals surface area contributed by atoms with Crippen molar-refractivity contribution in [1.29, 1.82) is 0 Å². The first-order valence-corrected chi connectivity index (χ1v) is 6.68. The van der Waals surface area contributed by atoms with Gasteiger partial charge in [0, 0.05) is 19.3 Å². The van der Waals surface area contributed by atoms with Crippen LogP contribution in [0.2, 0.25) is 5.02 Å². The summed E-state index contributed by atoms with van der Waals surface area (Å²) in [6, 6.07) is 8.11. The highest BCUT2D eigenvalue weighted by Gasteiger charge is 2.25. The van der Waals surface area contributed by atoms with Crippen LogP contribution in [0.15, 0.2) is 36.5 Å². The van der Waals surface area contributed by atoms with Crippen LogP contribution in [0.1, 0.15) is 32.0 Å². The molecule has 3 rings (SSSR count). The molecule has 21 heavy (non-hydrogen) atoms. The molecule has 1 aliphatic heterocycles. The number of benzene rings is 1. The molecular weight excluding hydrogens is 292 g/mol. The third-order valence-corrected chi connectivity index (χ3v) is 3.63. The Bertz CT molecular complexity index is 728. The number of carboxylic acids is 1. The third kappa shape index (κ3) is 2.60. The molecule has 5 nitrogen and oxygen atoms in total. The lowest BCUT2D eigenvalue weighted by atomic mass is 10.1. The van der Waals surface area contributed by atoms with Crippen molar-refractivity contribution in [1.82, 2.24) is 9.88 Å². The van der Waals surface area contributed by atoms with Gasteiger partial charge in [-0.15, -0.1) is 0 Å². The van der Waals surface area contributed by atoms with Gasteiger partial charge in [0.15, 0.2) is 0 Å². The van der Waals surface area contributed by atoms with Gasteiger partial charge in [-0.1, -0.05) is 17.7 Å². The number of nitrogens with zero attached hydrogens (tertiary/aromatic N) is 2.